The number of ether oxygens (including phenoxy) is 1. The largest absolute Gasteiger partial charge is 0.484 e. The lowest BCUT2D eigenvalue weighted by molar-refractivity contribution is -0.117. The zero-order valence-corrected chi connectivity index (χ0v) is 17.5. The van der Waals surface area contributed by atoms with E-state index >= 15 is 0 Å². The van der Waals surface area contributed by atoms with Crippen LogP contribution in [0, 0.1) is 4.84 Å². The van der Waals surface area contributed by atoms with Crippen molar-refractivity contribution in [2.75, 3.05) is 5.32 Å². The van der Waals surface area contributed by atoms with Crippen molar-refractivity contribution >= 4 is 29.8 Å². The number of carboxylic acids is 1. The van der Waals surface area contributed by atoms with Crippen molar-refractivity contribution in [2.24, 2.45) is 0 Å². The Bertz CT molecular complexity index is 1170. The molecule has 0 saturated carbocycles. The smallest absolute Gasteiger partial charge is 0.335 e. The standard InChI is InChI=1S/C22H21N3O5S/c26-19(23-17-8-5-15(6-9-17)21(27)28)12-25-22(31)30-20(24-25)13-29-18-10-7-14-3-1-2-4-16(14)11-18/h5-11H,1-4,12-13H2,(H,23,26)(H,27,28). The molecule has 4 rings (SSSR count). The molecule has 0 bridgehead atoms. The molecule has 1 aromatic heterocycles. The molecule has 1 heterocycles. The van der Waals surface area contributed by atoms with Crippen LogP contribution in [0.15, 0.2) is 46.9 Å². The number of carbonyl (C=O) groups excluding carboxylic acids is 1. The van der Waals surface area contributed by atoms with E-state index in [1.54, 1.807) is 0 Å². The van der Waals surface area contributed by atoms with Gasteiger partial charge in [0, 0.05) is 5.69 Å². The van der Waals surface area contributed by atoms with Crippen molar-refractivity contribution in [1.82, 2.24) is 9.78 Å². The van der Waals surface area contributed by atoms with Crippen LogP contribution in [-0.2, 0) is 30.8 Å². The summed E-state index contributed by atoms with van der Waals surface area (Å²) in [5, 5.41) is 15.8. The summed E-state index contributed by atoms with van der Waals surface area (Å²) in [7, 11) is 0. The highest BCUT2D eigenvalue weighted by Crippen LogP contribution is 2.25. The molecular weight excluding hydrogens is 418 g/mol. The van der Waals surface area contributed by atoms with E-state index < -0.39 is 5.97 Å². The third-order valence-corrected chi connectivity index (χ3v) is 5.33. The van der Waals surface area contributed by atoms with Gasteiger partial charge in [0.05, 0.1) is 5.56 Å². The summed E-state index contributed by atoms with van der Waals surface area (Å²) in [6.45, 7) is -0.0322. The Morgan fingerprint density at radius 2 is 1.87 bits per heavy atom. The second-order valence-corrected chi connectivity index (χ2v) is 7.63. The molecular formula is C22H21N3O5S. The van der Waals surface area contributed by atoms with Crippen LogP contribution >= 0.6 is 12.2 Å². The zero-order chi connectivity index (χ0) is 21.8. The molecule has 3 aromatic rings. The van der Waals surface area contributed by atoms with Crippen LogP contribution in [0.1, 0.15) is 40.2 Å². The van der Waals surface area contributed by atoms with Crippen molar-refractivity contribution in [1.29, 1.82) is 0 Å². The van der Waals surface area contributed by atoms with Crippen molar-refractivity contribution in [2.45, 2.75) is 38.8 Å². The lowest BCUT2D eigenvalue weighted by Gasteiger charge is -2.16. The van der Waals surface area contributed by atoms with E-state index in [9.17, 15) is 9.59 Å². The van der Waals surface area contributed by atoms with Crippen molar-refractivity contribution in [3.63, 3.8) is 0 Å². The van der Waals surface area contributed by atoms with Crippen LogP contribution in [0.3, 0.4) is 0 Å². The topological polar surface area (TPSA) is 107 Å². The molecule has 1 amide bonds. The number of nitrogens with zero attached hydrogens (tertiary/aromatic N) is 2. The average Bonchev–Trinajstić information content (AvgIpc) is 3.11. The van der Waals surface area contributed by atoms with Gasteiger partial charge in [-0.2, -0.15) is 0 Å². The van der Waals surface area contributed by atoms with Crippen LogP contribution in [0.5, 0.6) is 5.75 Å². The van der Waals surface area contributed by atoms with E-state index in [4.69, 9.17) is 26.5 Å². The minimum Gasteiger partial charge on any atom is -0.484 e. The highest BCUT2D eigenvalue weighted by Gasteiger charge is 2.13. The number of carboxylic acid groups (broad SMARTS) is 1. The molecule has 31 heavy (non-hydrogen) atoms. The number of carbonyl (C=O) groups is 2. The molecule has 8 nitrogen and oxygen atoms in total. The highest BCUT2D eigenvalue weighted by molar-refractivity contribution is 7.71. The first-order valence-electron chi connectivity index (χ1n) is 9.92. The molecule has 1 aliphatic rings. The predicted octanol–water partition coefficient (Wildman–Crippen LogP) is 4.00. The van der Waals surface area contributed by atoms with E-state index in [-0.39, 0.29) is 35.4 Å². The predicted molar refractivity (Wildman–Crippen MR) is 115 cm³/mol. The minimum atomic E-state index is -1.03. The van der Waals surface area contributed by atoms with Gasteiger partial charge in [-0.25, -0.2) is 9.48 Å². The lowest BCUT2D eigenvalue weighted by atomic mass is 9.92. The van der Waals surface area contributed by atoms with Crippen LogP contribution in [0.4, 0.5) is 5.69 Å². The molecule has 9 heteroatoms. The molecule has 0 radical (unpaired) electrons. The molecule has 0 spiro atoms. The third-order valence-electron chi connectivity index (χ3n) is 5.04. The maximum Gasteiger partial charge on any atom is 0.335 e. The number of hydrogen-bond donors (Lipinski definition) is 2. The van der Waals surface area contributed by atoms with Gasteiger partial charge in [0.1, 0.15) is 12.3 Å². The summed E-state index contributed by atoms with van der Waals surface area (Å²) < 4.78 is 12.5. The molecule has 0 aliphatic heterocycles. The molecule has 1 aliphatic carbocycles. The summed E-state index contributed by atoms with van der Waals surface area (Å²) >= 11 is 5.15. The number of nitrogens with one attached hydrogen (secondary N) is 1. The van der Waals surface area contributed by atoms with E-state index in [0.717, 1.165) is 18.6 Å². The van der Waals surface area contributed by atoms with E-state index in [2.05, 4.69) is 22.5 Å². The summed E-state index contributed by atoms with van der Waals surface area (Å²) in [6.07, 6.45) is 4.60. The number of anilines is 1. The first kappa shape index (κ1) is 20.8. The summed E-state index contributed by atoms with van der Waals surface area (Å²) in [5.74, 6) is -0.369. The Morgan fingerprint density at radius 1 is 1.13 bits per heavy atom. The van der Waals surface area contributed by atoms with Crippen molar-refractivity contribution in [3.05, 3.63) is 69.9 Å². The lowest BCUT2D eigenvalue weighted by Crippen LogP contribution is -2.19. The quantitative estimate of drug-likeness (QED) is 0.536. The Morgan fingerprint density at radius 3 is 2.61 bits per heavy atom. The fraction of sp³-hybridized carbons (Fsp3) is 0.273. The maximum absolute atomic E-state index is 12.3. The fourth-order valence-electron chi connectivity index (χ4n) is 3.48. The molecule has 160 valence electrons. The van der Waals surface area contributed by atoms with Gasteiger partial charge in [-0.1, -0.05) is 6.07 Å². The Balaban J connectivity index is 1.34. The molecule has 2 aromatic carbocycles. The van der Waals surface area contributed by atoms with E-state index in [0.29, 0.717) is 5.69 Å². The van der Waals surface area contributed by atoms with Gasteiger partial charge < -0.3 is 19.6 Å². The van der Waals surface area contributed by atoms with Gasteiger partial charge in [-0.05, 0) is 85.4 Å². The Kier molecular flexibility index (Phi) is 6.13. The van der Waals surface area contributed by atoms with Gasteiger partial charge in [0.25, 0.3) is 10.7 Å². The SMILES string of the molecule is O=C(Cn1nc(COc2ccc3c(c2)CCCC3)oc1=S)Nc1ccc(C(=O)O)cc1. The molecule has 0 atom stereocenters. The number of hydrogen-bond acceptors (Lipinski definition) is 6. The second-order valence-electron chi connectivity index (χ2n) is 7.28. The highest BCUT2D eigenvalue weighted by atomic mass is 32.1. The Hall–Kier alpha value is -3.46. The fourth-order valence-corrected chi connectivity index (χ4v) is 3.69. The van der Waals surface area contributed by atoms with E-state index in [1.807, 2.05) is 6.07 Å². The van der Waals surface area contributed by atoms with Gasteiger partial charge in [0.15, 0.2) is 6.61 Å². The summed E-state index contributed by atoms with van der Waals surface area (Å²) in [5.41, 5.74) is 3.31. The maximum atomic E-state index is 12.3. The number of rotatable bonds is 7. The number of amides is 1. The van der Waals surface area contributed by atoms with Crippen LogP contribution < -0.4 is 10.1 Å². The number of benzene rings is 2. The number of fused-ring (bicyclic) bond motifs is 1. The Labute approximate surface area is 183 Å². The molecule has 0 saturated heterocycles. The number of aromatic carboxylic acids is 1. The van der Waals surface area contributed by atoms with E-state index in [1.165, 1.54) is 52.9 Å². The van der Waals surface area contributed by atoms with Crippen LogP contribution in [-0.4, -0.2) is 26.8 Å². The van der Waals surface area contributed by atoms with Gasteiger partial charge >= 0.3 is 5.97 Å². The molecule has 0 fully saturated rings. The van der Waals surface area contributed by atoms with Gasteiger partial charge in [-0.3, -0.25) is 4.79 Å². The van der Waals surface area contributed by atoms with Crippen LogP contribution in [0.2, 0.25) is 0 Å². The van der Waals surface area contributed by atoms with Gasteiger partial charge in [0.2, 0.25) is 5.91 Å². The van der Waals surface area contributed by atoms with Crippen molar-refractivity contribution in [3.8, 4) is 5.75 Å². The first-order chi connectivity index (χ1) is 15.0. The molecule has 0 unspecified atom stereocenters. The summed E-state index contributed by atoms with van der Waals surface area (Å²) in [4.78, 5) is 23.2. The monoisotopic (exact) mass is 439 g/mol. The normalized spacial score (nSPS) is 12.8. The van der Waals surface area contributed by atoms with Crippen molar-refractivity contribution < 1.29 is 23.8 Å². The second kappa shape index (κ2) is 9.13. The average molecular weight is 439 g/mol. The minimum absolute atomic E-state index is 0.0698. The number of aromatic nitrogens is 2. The van der Waals surface area contributed by atoms with Gasteiger partial charge in [-0.15, -0.1) is 5.10 Å². The van der Waals surface area contributed by atoms with Crippen LogP contribution in [0.25, 0.3) is 0 Å². The third kappa shape index (κ3) is 5.18. The first-order valence-corrected chi connectivity index (χ1v) is 10.3. The number of aryl methyl sites for hydroxylation is 2. The molecule has 2 N–H and O–H groups in total. The zero-order valence-electron chi connectivity index (χ0n) is 16.7. The summed E-state index contributed by atoms with van der Waals surface area (Å²) in [6, 6.07) is 12.0.